The lowest BCUT2D eigenvalue weighted by Crippen LogP contribution is -2.37. The summed E-state index contributed by atoms with van der Waals surface area (Å²) in [6.07, 6.45) is 7.28. The van der Waals surface area contributed by atoms with Gasteiger partial charge in [0.25, 0.3) is 0 Å². The zero-order valence-electron chi connectivity index (χ0n) is 10.4. The molecule has 1 saturated carbocycles. The van der Waals surface area contributed by atoms with Crippen LogP contribution in [0.25, 0.3) is 0 Å². The topological polar surface area (TPSA) is 29.9 Å². The van der Waals surface area contributed by atoms with Crippen molar-refractivity contribution in [3.63, 3.8) is 0 Å². The zero-order valence-corrected chi connectivity index (χ0v) is 10.4. The number of hydrogen-bond acceptors (Lipinski definition) is 2. The van der Waals surface area contributed by atoms with Crippen molar-refractivity contribution in [2.24, 2.45) is 5.92 Å². The van der Waals surface area contributed by atoms with E-state index in [0.29, 0.717) is 6.04 Å². The predicted octanol–water partition coefficient (Wildman–Crippen LogP) is 2.57. The lowest BCUT2D eigenvalue weighted by molar-refractivity contribution is 0.238. The van der Waals surface area contributed by atoms with Crippen LogP contribution in [0.4, 0.5) is 0 Å². The summed E-state index contributed by atoms with van der Waals surface area (Å²) in [6.45, 7) is 6.49. The minimum Gasteiger partial charge on any atom is -0.308 e. The number of rotatable bonds is 6. The SMILES string of the molecule is CCCn1nccc1CNC(C)C1CCC1. The average Bonchev–Trinajstić information content (AvgIpc) is 2.60. The Hall–Kier alpha value is -0.830. The van der Waals surface area contributed by atoms with E-state index >= 15 is 0 Å². The van der Waals surface area contributed by atoms with Gasteiger partial charge in [0.1, 0.15) is 0 Å². The van der Waals surface area contributed by atoms with Crippen LogP contribution in [-0.4, -0.2) is 15.8 Å². The first-order chi connectivity index (χ1) is 7.81. The highest BCUT2D eigenvalue weighted by Crippen LogP contribution is 2.29. The molecular formula is C13H23N3. The van der Waals surface area contributed by atoms with Gasteiger partial charge in [-0.05, 0) is 38.2 Å². The average molecular weight is 221 g/mol. The summed E-state index contributed by atoms with van der Waals surface area (Å²) in [5.41, 5.74) is 1.31. The molecule has 1 unspecified atom stereocenters. The van der Waals surface area contributed by atoms with Crippen LogP contribution < -0.4 is 5.32 Å². The Bertz CT molecular complexity index is 315. The van der Waals surface area contributed by atoms with Gasteiger partial charge in [0.05, 0.1) is 5.69 Å². The highest BCUT2D eigenvalue weighted by Gasteiger charge is 2.23. The van der Waals surface area contributed by atoms with Crippen LogP contribution in [0.15, 0.2) is 12.3 Å². The van der Waals surface area contributed by atoms with Gasteiger partial charge in [0.2, 0.25) is 0 Å². The molecule has 1 heterocycles. The van der Waals surface area contributed by atoms with Crippen molar-refractivity contribution >= 4 is 0 Å². The summed E-state index contributed by atoms with van der Waals surface area (Å²) in [6, 6.07) is 2.77. The molecule has 0 bridgehead atoms. The number of nitrogens with zero attached hydrogens (tertiary/aromatic N) is 2. The Morgan fingerprint density at radius 3 is 3.00 bits per heavy atom. The highest BCUT2D eigenvalue weighted by molar-refractivity contribution is 5.00. The van der Waals surface area contributed by atoms with Gasteiger partial charge in [-0.2, -0.15) is 5.10 Å². The molecule has 90 valence electrons. The summed E-state index contributed by atoms with van der Waals surface area (Å²) in [4.78, 5) is 0. The van der Waals surface area contributed by atoms with Crippen LogP contribution in [0.3, 0.4) is 0 Å². The van der Waals surface area contributed by atoms with Crippen LogP contribution in [-0.2, 0) is 13.1 Å². The third-order valence-corrected chi connectivity index (χ3v) is 3.70. The maximum atomic E-state index is 4.34. The van der Waals surface area contributed by atoms with Gasteiger partial charge in [0, 0.05) is 25.3 Å². The van der Waals surface area contributed by atoms with Crippen molar-refractivity contribution in [2.45, 2.75) is 58.7 Å². The van der Waals surface area contributed by atoms with E-state index in [1.807, 2.05) is 6.20 Å². The van der Waals surface area contributed by atoms with Crippen LogP contribution in [0.2, 0.25) is 0 Å². The molecule has 1 aliphatic rings. The van der Waals surface area contributed by atoms with Crippen molar-refractivity contribution in [3.8, 4) is 0 Å². The van der Waals surface area contributed by atoms with E-state index in [1.54, 1.807) is 0 Å². The van der Waals surface area contributed by atoms with Crippen LogP contribution >= 0.6 is 0 Å². The van der Waals surface area contributed by atoms with Crippen LogP contribution in [0.1, 0.15) is 45.2 Å². The molecule has 2 rings (SSSR count). The summed E-state index contributed by atoms with van der Waals surface area (Å²) >= 11 is 0. The maximum absolute atomic E-state index is 4.34. The minimum atomic E-state index is 0.652. The fourth-order valence-corrected chi connectivity index (χ4v) is 2.30. The van der Waals surface area contributed by atoms with Crippen molar-refractivity contribution in [1.82, 2.24) is 15.1 Å². The third-order valence-electron chi connectivity index (χ3n) is 3.70. The molecule has 1 fully saturated rings. The van der Waals surface area contributed by atoms with E-state index in [1.165, 1.54) is 25.0 Å². The molecule has 0 spiro atoms. The third kappa shape index (κ3) is 2.64. The fourth-order valence-electron chi connectivity index (χ4n) is 2.30. The van der Waals surface area contributed by atoms with Crippen LogP contribution in [0, 0.1) is 5.92 Å². The minimum absolute atomic E-state index is 0.652. The molecule has 0 aliphatic heterocycles. The Labute approximate surface area is 98.2 Å². The Morgan fingerprint density at radius 2 is 2.38 bits per heavy atom. The van der Waals surface area contributed by atoms with E-state index in [9.17, 15) is 0 Å². The second kappa shape index (κ2) is 5.48. The Morgan fingerprint density at radius 1 is 1.56 bits per heavy atom. The van der Waals surface area contributed by atoms with E-state index in [0.717, 1.165) is 25.4 Å². The molecule has 1 aromatic heterocycles. The first kappa shape index (κ1) is 11.6. The molecule has 1 aromatic rings. The second-order valence-electron chi connectivity index (χ2n) is 4.91. The normalized spacial score (nSPS) is 18.4. The van der Waals surface area contributed by atoms with Gasteiger partial charge in [-0.25, -0.2) is 0 Å². The molecule has 1 N–H and O–H groups in total. The monoisotopic (exact) mass is 221 g/mol. The molecule has 1 atom stereocenters. The quantitative estimate of drug-likeness (QED) is 0.800. The van der Waals surface area contributed by atoms with E-state index < -0.39 is 0 Å². The molecular weight excluding hydrogens is 198 g/mol. The van der Waals surface area contributed by atoms with Crippen molar-refractivity contribution < 1.29 is 0 Å². The first-order valence-electron chi connectivity index (χ1n) is 6.55. The van der Waals surface area contributed by atoms with Gasteiger partial charge < -0.3 is 5.32 Å². The number of aromatic nitrogens is 2. The summed E-state index contributed by atoms with van der Waals surface area (Å²) in [5.74, 6) is 0.905. The molecule has 1 aliphatic carbocycles. The highest BCUT2D eigenvalue weighted by atomic mass is 15.3. The Kier molecular flexibility index (Phi) is 3.99. The fraction of sp³-hybridized carbons (Fsp3) is 0.769. The lowest BCUT2D eigenvalue weighted by atomic mass is 9.80. The zero-order chi connectivity index (χ0) is 11.4. The largest absolute Gasteiger partial charge is 0.308 e. The molecule has 0 amide bonds. The van der Waals surface area contributed by atoms with Crippen molar-refractivity contribution in [3.05, 3.63) is 18.0 Å². The summed E-state index contributed by atoms with van der Waals surface area (Å²) in [7, 11) is 0. The number of aryl methyl sites for hydroxylation is 1. The van der Waals surface area contributed by atoms with E-state index in [4.69, 9.17) is 0 Å². The Balaban J connectivity index is 1.81. The van der Waals surface area contributed by atoms with Gasteiger partial charge >= 0.3 is 0 Å². The van der Waals surface area contributed by atoms with E-state index in [2.05, 4.69) is 35.0 Å². The number of hydrogen-bond donors (Lipinski definition) is 1. The van der Waals surface area contributed by atoms with Gasteiger partial charge in [-0.15, -0.1) is 0 Å². The van der Waals surface area contributed by atoms with Gasteiger partial charge in [-0.3, -0.25) is 4.68 Å². The van der Waals surface area contributed by atoms with Crippen LogP contribution in [0.5, 0.6) is 0 Å². The van der Waals surface area contributed by atoms with Crippen molar-refractivity contribution in [2.75, 3.05) is 0 Å². The lowest BCUT2D eigenvalue weighted by Gasteiger charge is -2.32. The van der Waals surface area contributed by atoms with E-state index in [-0.39, 0.29) is 0 Å². The van der Waals surface area contributed by atoms with Crippen molar-refractivity contribution in [1.29, 1.82) is 0 Å². The molecule has 0 radical (unpaired) electrons. The molecule has 0 aromatic carbocycles. The molecule has 3 heteroatoms. The molecule has 16 heavy (non-hydrogen) atoms. The maximum Gasteiger partial charge on any atom is 0.0522 e. The molecule has 3 nitrogen and oxygen atoms in total. The standard InChI is InChI=1S/C13H23N3/c1-3-9-16-13(7-8-15-16)10-14-11(2)12-5-4-6-12/h7-8,11-12,14H,3-6,9-10H2,1-2H3. The second-order valence-corrected chi connectivity index (χ2v) is 4.91. The molecule has 0 saturated heterocycles. The van der Waals surface area contributed by atoms with Gasteiger partial charge in [-0.1, -0.05) is 13.3 Å². The van der Waals surface area contributed by atoms with Gasteiger partial charge in [0.15, 0.2) is 0 Å². The first-order valence-corrected chi connectivity index (χ1v) is 6.55. The summed E-state index contributed by atoms with van der Waals surface area (Å²) in [5, 5.41) is 7.96. The smallest absolute Gasteiger partial charge is 0.0522 e. The number of nitrogens with one attached hydrogen (secondary N) is 1. The summed E-state index contributed by atoms with van der Waals surface area (Å²) < 4.78 is 2.11. The predicted molar refractivity (Wildman–Crippen MR) is 66.2 cm³/mol.